The first-order valence-electron chi connectivity index (χ1n) is 5.68. The van der Waals surface area contributed by atoms with E-state index < -0.39 is 0 Å². The molecule has 2 aromatic rings. The molecule has 0 unspecified atom stereocenters. The van der Waals surface area contributed by atoms with E-state index in [1.165, 1.54) is 11.1 Å². The van der Waals surface area contributed by atoms with Crippen molar-refractivity contribution in [3.05, 3.63) is 71.8 Å². The Morgan fingerprint density at radius 1 is 0.824 bits per heavy atom. The summed E-state index contributed by atoms with van der Waals surface area (Å²) in [7, 11) is 0. The van der Waals surface area contributed by atoms with E-state index in [2.05, 4.69) is 29.3 Å². The molecule has 2 heteroatoms. The van der Waals surface area contributed by atoms with Gasteiger partial charge in [-0.15, -0.1) is 0 Å². The molecule has 0 spiro atoms. The number of nitrogens with zero attached hydrogens (tertiary/aromatic N) is 1. The molecule has 2 aromatic carbocycles. The minimum atomic E-state index is -0.373. The van der Waals surface area contributed by atoms with Crippen LogP contribution >= 0.6 is 0 Å². The van der Waals surface area contributed by atoms with Gasteiger partial charge in [-0.2, -0.15) is 0 Å². The molecule has 0 N–H and O–H groups in total. The molecular formula is C15H13NO. The van der Waals surface area contributed by atoms with Crippen molar-refractivity contribution in [2.24, 2.45) is 4.99 Å². The fraction of sp³-hybridized carbons (Fsp3) is 0.133. The van der Waals surface area contributed by atoms with Gasteiger partial charge < -0.3 is 4.74 Å². The van der Waals surface area contributed by atoms with E-state index in [1.807, 2.05) is 36.4 Å². The van der Waals surface area contributed by atoms with Crippen molar-refractivity contribution in [1.82, 2.24) is 0 Å². The van der Waals surface area contributed by atoms with Crippen LogP contribution in [0.15, 0.2) is 65.7 Å². The van der Waals surface area contributed by atoms with Crippen molar-refractivity contribution in [1.29, 1.82) is 0 Å². The van der Waals surface area contributed by atoms with Gasteiger partial charge in [0.25, 0.3) is 0 Å². The fourth-order valence-electron chi connectivity index (χ4n) is 2.23. The van der Waals surface area contributed by atoms with Crippen LogP contribution in [0.25, 0.3) is 0 Å². The summed E-state index contributed by atoms with van der Waals surface area (Å²) in [5.74, 6) is 0. The average Bonchev–Trinajstić information content (AvgIpc) is 2.91. The van der Waals surface area contributed by atoms with Crippen molar-refractivity contribution in [2.45, 2.75) is 5.54 Å². The number of aliphatic imine (C=N–C) groups is 1. The lowest BCUT2D eigenvalue weighted by molar-refractivity contribution is 0.290. The predicted molar refractivity (Wildman–Crippen MR) is 68.1 cm³/mol. The number of rotatable bonds is 2. The largest absolute Gasteiger partial charge is 0.480 e. The Balaban J connectivity index is 2.15. The highest BCUT2D eigenvalue weighted by atomic mass is 16.5. The molecule has 0 aliphatic carbocycles. The van der Waals surface area contributed by atoms with Crippen LogP contribution in [0.3, 0.4) is 0 Å². The second-order valence-corrected chi connectivity index (χ2v) is 4.14. The van der Waals surface area contributed by atoms with Crippen LogP contribution in [-0.2, 0) is 10.3 Å². The summed E-state index contributed by atoms with van der Waals surface area (Å²) in [5, 5.41) is 0. The van der Waals surface area contributed by atoms with Gasteiger partial charge in [-0.3, -0.25) is 0 Å². The zero-order valence-corrected chi connectivity index (χ0v) is 9.41. The Morgan fingerprint density at radius 3 is 1.76 bits per heavy atom. The molecule has 1 heterocycles. The molecule has 0 saturated heterocycles. The van der Waals surface area contributed by atoms with Crippen LogP contribution < -0.4 is 0 Å². The predicted octanol–water partition coefficient (Wildman–Crippen LogP) is 2.99. The molecule has 0 aromatic heterocycles. The zero-order valence-electron chi connectivity index (χ0n) is 9.41. The van der Waals surface area contributed by atoms with E-state index in [4.69, 9.17) is 4.74 Å². The molecule has 3 rings (SSSR count). The smallest absolute Gasteiger partial charge is 0.170 e. The Morgan fingerprint density at radius 2 is 1.35 bits per heavy atom. The first-order valence-corrected chi connectivity index (χ1v) is 5.68. The number of benzene rings is 2. The highest BCUT2D eigenvalue weighted by Gasteiger charge is 2.37. The van der Waals surface area contributed by atoms with Gasteiger partial charge >= 0.3 is 0 Å². The molecule has 1 aliphatic rings. The van der Waals surface area contributed by atoms with Crippen molar-refractivity contribution in [3.8, 4) is 0 Å². The van der Waals surface area contributed by atoms with Crippen molar-refractivity contribution in [3.63, 3.8) is 0 Å². The quantitative estimate of drug-likeness (QED) is 0.767. The SMILES string of the molecule is C1=NC(c2ccccc2)(c2ccccc2)CO1. The summed E-state index contributed by atoms with van der Waals surface area (Å²) in [6, 6.07) is 20.6. The van der Waals surface area contributed by atoms with Crippen LogP contribution in [0.2, 0.25) is 0 Å². The second kappa shape index (κ2) is 4.06. The molecule has 17 heavy (non-hydrogen) atoms. The third-order valence-corrected chi connectivity index (χ3v) is 3.14. The molecule has 0 atom stereocenters. The lowest BCUT2D eigenvalue weighted by atomic mass is 9.84. The monoisotopic (exact) mass is 223 g/mol. The molecule has 0 amide bonds. The van der Waals surface area contributed by atoms with E-state index in [9.17, 15) is 0 Å². The van der Waals surface area contributed by atoms with E-state index in [0.29, 0.717) is 6.61 Å². The molecule has 84 valence electrons. The molecule has 0 saturated carbocycles. The van der Waals surface area contributed by atoms with E-state index in [1.54, 1.807) is 6.40 Å². The first-order chi connectivity index (χ1) is 8.42. The maximum Gasteiger partial charge on any atom is 0.170 e. The standard InChI is InChI=1S/C15H13NO/c1-3-7-13(8-4-1)15(11-17-12-16-15)14-9-5-2-6-10-14/h1-10,12H,11H2. The van der Waals surface area contributed by atoms with Gasteiger partial charge in [0.15, 0.2) is 6.40 Å². The number of hydrogen-bond acceptors (Lipinski definition) is 2. The van der Waals surface area contributed by atoms with Crippen LogP contribution in [-0.4, -0.2) is 13.0 Å². The Labute approximate surface area is 101 Å². The Hall–Kier alpha value is -2.09. The van der Waals surface area contributed by atoms with Gasteiger partial charge in [0.05, 0.1) is 0 Å². The van der Waals surface area contributed by atoms with Gasteiger partial charge in [-0.05, 0) is 11.1 Å². The zero-order chi connectivity index (χ0) is 11.6. The van der Waals surface area contributed by atoms with Crippen LogP contribution in [0, 0.1) is 0 Å². The first kappa shape index (κ1) is 10.1. The summed E-state index contributed by atoms with van der Waals surface area (Å²) in [6.45, 7) is 0.570. The van der Waals surface area contributed by atoms with Crippen LogP contribution in [0.4, 0.5) is 0 Å². The summed E-state index contributed by atoms with van der Waals surface area (Å²) in [6.07, 6.45) is 1.56. The van der Waals surface area contributed by atoms with Crippen molar-refractivity contribution >= 4 is 6.40 Å². The minimum Gasteiger partial charge on any atom is -0.480 e. The molecule has 1 aliphatic heterocycles. The third-order valence-electron chi connectivity index (χ3n) is 3.14. The van der Waals surface area contributed by atoms with E-state index >= 15 is 0 Å². The Kier molecular flexibility index (Phi) is 2.41. The Bertz CT molecular complexity index is 480. The molecule has 2 nitrogen and oxygen atoms in total. The third kappa shape index (κ3) is 1.62. The second-order valence-electron chi connectivity index (χ2n) is 4.14. The lowest BCUT2D eigenvalue weighted by Gasteiger charge is -2.25. The van der Waals surface area contributed by atoms with E-state index in [0.717, 1.165) is 0 Å². The van der Waals surface area contributed by atoms with Gasteiger partial charge in [0, 0.05) is 0 Å². The van der Waals surface area contributed by atoms with Crippen LogP contribution in [0.1, 0.15) is 11.1 Å². The van der Waals surface area contributed by atoms with E-state index in [-0.39, 0.29) is 5.54 Å². The lowest BCUT2D eigenvalue weighted by Crippen LogP contribution is -2.26. The molecule has 0 bridgehead atoms. The maximum atomic E-state index is 5.38. The highest BCUT2D eigenvalue weighted by Crippen LogP contribution is 2.36. The summed E-state index contributed by atoms with van der Waals surface area (Å²) in [5.41, 5.74) is 1.96. The highest BCUT2D eigenvalue weighted by molar-refractivity contribution is 5.56. The fourth-order valence-corrected chi connectivity index (χ4v) is 2.23. The summed E-state index contributed by atoms with van der Waals surface area (Å²) in [4.78, 5) is 4.56. The molecular weight excluding hydrogens is 210 g/mol. The number of ether oxygens (including phenoxy) is 1. The minimum absolute atomic E-state index is 0.373. The number of hydrogen-bond donors (Lipinski definition) is 0. The normalized spacial score (nSPS) is 16.7. The average molecular weight is 223 g/mol. The molecule has 0 fully saturated rings. The maximum absolute atomic E-state index is 5.38. The van der Waals surface area contributed by atoms with Crippen molar-refractivity contribution in [2.75, 3.05) is 6.61 Å². The summed E-state index contributed by atoms with van der Waals surface area (Å²) < 4.78 is 5.38. The topological polar surface area (TPSA) is 21.6 Å². The summed E-state index contributed by atoms with van der Waals surface area (Å²) >= 11 is 0. The molecule has 0 radical (unpaired) electrons. The van der Waals surface area contributed by atoms with Gasteiger partial charge in [-0.1, -0.05) is 60.7 Å². The van der Waals surface area contributed by atoms with Gasteiger partial charge in [0.1, 0.15) is 12.1 Å². The van der Waals surface area contributed by atoms with Gasteiger partial charge in [-0.25, -0.2) is 4.99 Å². The van der Waals surface area contributed by atoms with Crippen LogP contribution in [0.5, 0.6) is 0 Å². The van der Waals surface area contributed by atoms with Gasteiger partial charge in [0.2, 0.25) is 0 Å². The van der Waals surface area contributed by atoms with Crippen molar-refractivity contribution < 1.29 is 4.74 Å².